The molecule has 21 heavy (non-hydrogen) atoms. The summed E-state index contributed by atoms with van der Waals surface area (Å²) in [6.07, 6.45) is -0.276. The van der Waals surface area contributed by atoms with Gasteiger partial charge in [-0.3, -0.25) is 4.90 Å². The number of hydrogen-bond donors (Lipinski definition) is 0. The molecule has 0 unspecified atom stereocenters. The number of aromatic nitrogens is 2. The average molecular weight is 352 g/mol. The second kappa shape index (κ2) is 5.02. The molecule has 112 valence electrons. The lowest BCUT2D eigenvalue weighted by molar-refractivity contribution is 0.0197. The van der Waals surface area contributed by atoms with Gasteiger partial charge in [-0.25, -0.2) is 9.78 Å². The van der Waals surface area contributed by atoms with Gasteiger partial charge in [-0.2, -0.15) is 0 Å². The lowest BCUT2D eigenvalue weighted by atomic mass is 10.2. The number of carbonyl (C=O) groups is 1. The van der Waals surface area contributed by atoms with Crippen LogP contribution < -0.4 is 0 Å². The molecule has 0 aliphatic carbocycles. The van der Waals surface area contributed by atoms with E-state index in [1.807, 2.05) is 32.9 Å². The summed E-state index contributed by atoms with van der Waals surface area (Å²) in [4.78, 5) is 18.5. The molecule has 0 bridgehead atoms. The Labute approximate surface area is 132 Å². The first-order valence-electron chi connectivity index (χ1n) is 6.96. The molecule has 2 heterocycles. The molecular weight excluding hydrogens is 334 g/mol. The van der Waals surface area contributed by atoms with E-state index in [9.17, 15) is 4.79 Å². The van der Waals surface area contributed by atoms with Gasteiger partial charge >= 0.3 is 6.09 Å². The van der Waals surface area contributed by atoms with Crippen molar-refractivity contribution in [2.75, 3.05) is 6.54 Å². The van der Waals surface area contributed by atoms with Gasteiger partial charge in [-0.15, -0.1) is 0 Å². The van der Waals surface area contributed by atoms with E-state index in [0.29, 0.717) is 13.1 Å². The van der Waals surface area contributed by atoms with Gasteiger partial charge in [-0.05, 0) is 39.0 Å². The van der Waals surface area contributed by atoms with E-state index in [2.05, 4.69) is 31.5 Å². The highest BCUT2D eigenvalue weighted by atomic mass is 79.9. The van der Waals surface area contributed by atoms with Crippen molar-refractivity contribution in [2.45, 2.75) is 39.5 Å². The molecule has 2 aromatic rings. The summed E-state index contributed by atoms with van der Waals surface area (Å²) in [6.45, 7) is 7.49. The minimum atomic E-state index is -0.473. The van der Waals surface area contributed by atoms with Crippen LogP contribution in [0.3, 0.4) is 0 Å². The standard InChI is InChI=1S/C15H18BrN3O2/c1-15(2,3)21-14(20)18-6-7-19-12-8-10(16)4-5-11(12)17-13(19)9-18/h4-5,8H,6-7,9H2,1-3H3. The van der Waals surface area contributed by atoms with Crippen molar-refractivity contribution in [1.82, 2.24) is 14.5 Å². The van der Waals surface area contributed by atoms with Crippen molar-refractivity contribution in [3.05, 3.63) is 28.5 Å². The monoisotopic (exact) mass is 351 g/mol. The third-order valence-corrected chi connectivity index (χ3v) is 3.86. The fourth-order valence-corrected chi connectivity index (χ4v) is 2.82. The topological polar surface area (TPSA) is 47.4 Å². The van der Waals surface area contributed by atoms with E-state index in [-0.39, 0.29) is 6.09 Å². The van der Waals surface area contributed by atoms with Crippen LogP contribution in [0.5, 0.6) is 0 Å². The van der Waals surface area contributed by atoms with Crippen molar-refractivity contribution < 1.29 is 9.53 Å². The Morgan fingerprint density at radius 2 is 2.10 bits per heavy atom. The van der Waals surface area contributed by atoms with Crippen LogP contribution in [-0.2, 0) is 17.8 Å². The Hall–Kier alpha value is -1.56. The van der Waals surface area contributed by atoms with Gasteiger partial charge in [0.25, 0.3) is 0 Å². The number of fused-ring (bicyclic) bond motifs is 3. The van der Waals surface area contributed by atoms with Gasteiger partial charge in [0.1, 0.15) is 11.4 Å². The second-order valence-electron chi connectivity index (χ2n) is 6.21. The highest BCUT2D eigenvalue weighted by molar-refractivity contribution is 9.10. The Morgan fingerprint density at radius 1 is 1.33 bits per heavy atom. The maximum atomic E-state index is 12.2. The van der Waals surface area contributed by atoms with E-state index in [0.717, 1.165) is 27.9 Å². The van der Waals surface area contributed by atoms with Crippen LogP contribution in [0, 0.1) is 0 Å². The van der Waals surface area contributed by atoms with Crippen LogP contribution >= 0.6 is 15.9 Å². The van der Waals surface area contributed by atoms with Crippen LogP contribution in [0.25, 0.3) is 11.0 Å². The third kappa shape index (κ3) is 2.90. The second-order valence-corrected chi connectivity index (χ2v) is 7.13. The molecule has 0 N–H and O–H groups in total. The van der Waals surface area contributed by atoms with Gasteiger partial charge in [0, 0.05) is 17.6 Å². The average Bonchev–Trinajstić information content (AvgIpc) is 2.73. The van der Waals surface area contributed by atoms with E-state index in [4.69, 9.17) is 4.74 Å². The molecule has 1 aromatic heterocycles. The summed E-state index contributed by atoms with van der Waals surface area (Å²) in [5.74, 6) is 0.903. The zero-order valence-corrected chi connectivity index (χ0v) is 14.0. The number of ether oxygens (including phenoxy) is 1. The predicted octanol–water partition coefficient (Wildman–Crippen LogP) is 3.55. The summed E-state index contributed by atoms with van der Waals surface area (Å²) in [7, 11) is 0. The molecule has 3 rings (SSSR count). The first-order chi connectivity index (χ1) is 9.83. The van der Waals surface area contributed by atoms with Gasteiger partial charge < -0.3 is 9.30 Å². The predicted molar refractivity (Wildman–Crippen MR) is 84.1 cm³/mol. The maximum Gasteiger partial charge on any atom is 0.410 e. The SMILES string of the molecule is CC(C)(C)OC(=O)N1CCn2c(nc3ccc(Br)cc32)C1. The van der Waals surface area contributed by atoms with E-state index in [1.54, 1.807) is 4.90 Å². The van der Waals surface area contributed by atoms with Crippen LogP contribution in [-0.4, -0.2) is 32.7 Å². The largest absolute Gasteiger partial charge is 0.444 e. The first kappa shape index (κ1) is 14.4. The van der Waals surface area contributed by atoms with Gasteiger partial charge in [-0.1, -0.05) is 15.9 Å². The van der Waals surface area contributed by atoms with E-state index >= 15 is 0 Å². The van der Waals surface area contributed by atoms with Crippen molar-refractivity contribution in [3.8, 4) is 0 Å². The molecule has 0 radical (unpaired) electrons. The Kier molecular flexibility index (Phi) is 3.43. The summed E-state index contributed by atoms with van der Waals surface area (Å²) < 4.78 is 8.63. The lowest BCUT2D eigenvalue weighted by Gasteiger charge is -2.30. The van der Waals surface area contributed by atoms with Crippen LogP contribution in [0.2, 0.25) is 0 Å². The molecule has 1 aliphatic rings. The zero-order chi connectivity index (χ0) is 15.2. The summed E-state index contributed by atoms with van der Waals surface area (Å²) in [6, 6.07) is 6.03. The molecule has 5 nitrogen and oxygen atoms in total. The van der Waals surface area contributed by atoms with Crippen molar-refractivity contribution in [2.24, 2.45) is 0 Å². The van der Waals surface area contributed by atoms with Crippen molar-refractivity contribution in [1.29, 1.82) is 0 Å². The number of halogens is 1. The molecule has 0 fully saturated rings. The summed E-state index contributed by atoms with van der Waals surface area (Å²) in [5, 5.41) is 0. The molecular formula is C15H18BrN3O2. The molecule has 0 spiro atoms. The van der Waals surface area contributed by atoms with Gasteiger partial charge in [0.15, 0.2) is 0 Å². The smallest absolute Gasteiger partial charge is 0.410 e. The highest BCUT2D eigenvalue weighted by Crippen LogP contribution is 2.24. The Morgan fingerprint density at radius 3 is 2.81 bits per heavy atom. The number of nitrogens with zero attached hydrogens (tertiary/aromatic N) is 3. The van der Waals surface area contributed by atoms with Crippen LogP contribution in [0.4, 0.5) is 4.79 Å². The molecule has 6 heteroatoms. The number of amides is 1. The number of carbonyl (C=O) groups excluding carboxylic acids is 1. The molecule has 0 atom stereocenters. The normalized spacial score (nSPS) is 15.1. The van der Waals surface area contributed by atoms with E-state index in [1.165, 1.54) is 0 Å². The fourth-order valence-electron chi connectivity index (χ4n) is 2.47. The zero-order valence-electron chi connectivity index (χ0n) is 12.4. The first-order valence-corrected chi connectivity index (χ1v) is 7.75. The fraction of sp³-hybridized carbons (Fsp3) is 0.467. The molecule has 1 amide bonds. The van der Waals surface area contributed by atoms with Gasteiger partial charge in [0.2, 0.25) is 0 Å². The summed E-state index contributed by atoms with van der Waals surface area (Å²) in [5.41, 5.74) is 1.59. The molecule has 1 aromatic carbocycles. The third-order valence-electron chi connectivity index (χ3n) is 3.37. The number of benzene rings is 1. The van der Waals surface area contributed by atoms with Gasteiger partial charge in [0.05, 0.1) is 17.6 Å². The van der Waals surface area contributed by atoms with Crippen LogP contribution in [0.1, 0.15) is 26.6 Å². The number of hydrogen-bond acceptors (Lipinski definition) is 3. The Balaban J connectivity index is 1.86. The minimum absolute atomic E-state index is 0.276. The molecule has 1 aliphatic heterocycles. The van der Waals surface area contributed by atoms with Crippen molar-refractivity contribution >= 4 is 33.1 Å². The maximum absolute atomic E-state index is 12.2. The highest BCUT2D eigenvalue weighted by Gasteiger charge is 2.27. The number of rotatable bonds is 0. The Bertz CT molecular complexity index is 703. The quantitative estimate of drug-likeness (QED) is 0.729. The van der Waals surface area contributed by atoms with E-state index < -0.39 is 5.60 Å². The minimum Gasteiger partial charge on any atom is -0.444 e. The molecule has 0 saturated heterocycles. The molecule has 0 saturated carbocycles. The number of imidazole rings is 1. The summed E-state index contributed by atoms with van der Waals surface area (Å²) >= 11 is 3.49. The lowest BCUT2D eigenvalue weighted by Crippen LogP contribution is -2.41. The van der Waals surface area contributed by atoms with Crippen molar-refractivity contribution in [3.63, 3.8) is 0 Å². The van der Waals surface area contributed by atoms with Crippen LogP contribution in [0.15, 0.2) is 22.7 Å².